The van der Waals surface area contributed by atoms with E-state index in [2.05, 4.69) is 0 Å². The predicted molar refractivity (Wildman–Crippen MR) is 97.7 cm³/mol. The molecule has 0 radical (unpaired) electrons. The van der Waals surface area contributed by atoms with Gasteiger partial charge >= 0.3 is 0 Å². The average Bonchev–Trinajstić information content (AvgIpc) is 2.67. The van der Waals surface area contributed by atoms with Crippen molar-refractivity contribution in [1.29, 1.82) is 0 Å². The van der Waals surface area contributed by atoms with Gasteiger partial charge in [0.15, 0.2) is 12.9 Å². The van der Waals surface area contributed by atoms with Gasteiger partial charge in [0.2, 0.25) is 0 Å². The third-order valence-corrected chi connectivity index (χ3v) is 4.16. The monoisotopic (exact) mass is 351 g/mol. The van der Waals surface area contributed by atoms with Crippen molar-refractivity contribution in [2.45, 2.75) is 6.54 Å². The summed E-state index contributed by atoms with van der Waals surface area (Å²) in [6, 6.07) is 17.0. The predicted octanol–water partition coefficient (Wildman–Crippen LogP) is 3.83. The highest BCUT2D eigenvalue weighted by Gasteiger charge is 2.13. The van der Waals surface area contributed by atoms with Crippen LogP contribution in [0.1, 0.15) is 15.9 Å². The van der Waals surface area contributed by atoms with E-state index < -0.39 is 0 Å². The van der Waals surface area contributed by atoms with Crippen LogP contribution in [0.15, 0.2) is 60.7 Å². The quantitative estimate of drug-likeness (QED) is 0.634. The van der Waals surface area contributed by atoms with E-state index in [0.717, 1.165) is 22.6 Å². The molecular weight excluding hydrogens is 333 g/mol. The zero-order chi connectivity index (χ0) is 18.5. The van der Waals surface area contributed by atoms with E-state index in [1.807, 2.05) is 30.3 Å². The minimum Gasteiger partial charge on any atom is -0.483 e. The van der Waals surface area contributed by atoms with Crippen molar-refractivity contribution in [3.63, 3.8) is 0 Å². The van der Waals surface area contributed by atoms with Gasteiger partial charge in [0.1, 0.15) is 11.6 Å². The van der Waals surface area contributed by atoms with Crippen LogP contribution in [0, 0.1) is 5.82 Å². The fourth-order valence-corrected chi connectivity index (χ4v) is 2.72. The van der Waals surface area contributed by atoms with Gasteiger partial charge in [-0.05, 0) is 34.5 Å². The second kappa shape index (κ2) is 7.78. The highest BCUT2D eigenvalue weighted by molar-refractivity contribution is 6.00. The molecule has 0 unspecified atom stereocenters. The molecular formula is C21H18FNO3. The van der Waals surface area contributed by atoms with Gasteiger partial charge in [-0.3, -0.25) is 9.59 Å². The number of amides is 1. The van der Waals surface area contributed by atoms with E-state index in [1.54, 1.807) is 25.2 Å². The number of rotatable bonds is 6. The maximum absolute atomic E-state index is 12.9. The molecule has 0 spiro atoms. The molecule has 0 aliphatic carbocycles. The van der Waals surface area contributed by atoms with Crippen LogP contribution in [0.3, 0.4) is 0 Å². The standard InChI is InChI=1S/C21H18FNO3/c1-23(12-15-6-9-17(22)10-7-15)21(25)14-26-20-11-8-16-4-2-3-5-18(16)19(20)13-24/h2-11,13H,12,14H2,1H3. The summed E-state index contributed by atoms with van der Waals surface area (Å²) in [7, 11) is 1.65. The van der Waals surface area contributed by atoms with Crippen molar-refractivity contribution in [3.8, 4) is 5.75 Å². The maximum atomic E-state index is 12.9. The fourth-order valence-electron chi connectivity index (χ4n) is 2.72. The second-order valence-electron chi connectivity index (χ2n) is 5.98. The SMILES string of the molecule is CN(Cc1ccc(F)cc1)C(=O)COc1ccc2ccccc2c1C=O. The van der Waals surface area contributed by atoms with Crippen LogP contribution in [0.4, 0.5) is 4.39 Å². The van der Waals surface area contributed by atoms with Gasteiger partial charge in [0.25, 0.3) is 5.91 Å². The number of aldehydes is 1. The first-order valence-corrected chi connectivity index (χ1v) is 8.16. The molecule has 0 saturated carbocycles. The lowest BCUT2D eigenvalue weighted by Gasteiger charge is -2.18. The Morgan fingerprint density at radius 1 is 1.08 bits per heavy atom. The lowest BCUT2D eigenvalue weighted by Crippen LogP contribution is -2.31. The van der Waals surface area contributed by atoms with Crippen molar-refractivity contribution in [1.82, 2.24) is 4.90 Å². The molecule has 0 bridgehead atoms. The highest BCUT2D eigenvalue weighted by atomic mass is 19.1. The Morgan fingerprint density at radius 2 is 1.81 bits per heavy atom. The normalized spacial score (nSPS) is 10.5. The molecule has 0 N–H and O–H groups in total. The molecule has 0 fully saturated rings. The Kier molecular flexibility index (Phi) is 5.27. The molecule has 0 heterocycles. The number of ether oxygens (including phenoxy) is 1. The van der Waals surface area contributed by atoms with Crippen molar-refractivity contribution in [2.75, 3.05) is 13.7 Å². The largest absolute Gasteiger partial charge is 0.483 e. The van der Waals surface area contributed by atoms with Crippen LogP contribution in [-0.4, -0.2) is 30.7 Å². The van der Waals surface area contributed by atoms with Crippen molar-refractivity contribution >= 4 is 23.0 Å². The van der Waals surface area contributed by atoms with Gasteiger partial charge in [-0.1, -0.05) is 42.5 Å². The molecule has 4 nitrogen and oxygen atoms in total. The summed E-state index contributed by atoms with van der Waals surface area (Å²) in [6.07, 6.45) is 0.740. The van der Waals surface area contributed by atoms with Crippen LogP contribution in [-0.2, 0) is 11.3 Å². The first kappa shape index (κ1) is 17.6. The molecule has 0 aromatic heterocycles. The average molecular weight is 351 g/mol. The number of carbonyl (C=O) groups is 2. The van der Waals surface area contributed by atoms with Gasteiger partial charge in [-0.25, -0.2) is 4.39 Å². The van der Waals surface area contributed by atoms with Crippen molar-refractivity contribution in [2.24, 2.45) is 0 Å². The van der Waals surface area contributed by atoms with Crippen LogP contribution in [0.2, 0.25) is 0 Å². The fraction of sp³-hybridized carbons (Fsp3) is 0.143. The Morgan fingerprint density at radius 3 is 2.54 bits per heavy atom. The summed E-state index contributed by atoms with van der Waals surface area (Å²) in [5.41, 5.74) is 1.25. The van der Waals surface area contributed by atoms with Gasteiger partial charge in [-0.15, -0.1) is 0 Å². The zero-order valence-corrected chi connectivity index (χ0v) is 14.3. The molecule has 132 valence electrons. The Bertz CT molecular complexity index is 938. The van der Waals surface area contributed by atoms with E-state index in [1.165, 1.54) is 17.0 Å². The number of nitrogens with zero attached hydrogens (tertiary/aromatic N) is 1. The number of likely N-dealkylation sites (N-methyl/N-ethyl adjacent to an activating group) is 1. The van der Waals surface area contributed by atoms with E-state index >= 15 is 0 Å². The van der Waals surface area contributed by atoms with Gasteiger partial charge < -0.3 is 9.64 Å². The van der Waals surface area contributed by atoms with Crippen LogP contribution >= 0.6 is 0 Å². The van der Waals surface area contributed by atoms with E-state index in [0.29, 0.717) is 17.9 Å². The van der Waals surface area contributed by atoms with Gasteiger partial charge in [0, 0.05) is 13.6 Å². The highest BCUT2D eigenvalue weighted by Crippen LogP contribution is 2.26. The maximum Gasteiger partial charge on any atom is 0.260 e. The minimum absolute atomic E-state index is 0.184. The molecule has 0 aliphatic heterocycles. The van der Waals surface area contributed by atoms with Gasteiger partial charge in [-0.2, -0.15) is 0 Å². The van der Waals surface area contributed by atoms with Crippen molar-refractivity contribution in [3.05, 3.63) is 77.6 Å². The minimum atomic E-state index is -0.316. The van der Waals surface area contributed by atoms with Crippen LogP contribution in [0.25, 0.3) is 10.8 Å². The third-order valence-electron chi connectivity index (χ3n) is 4.16. The molecule has 0 atom stereocenters. The summed E-state index contributed by atoms with van der Waals surface area (Å²) in [4.78, 5) is 25.3. The number of halogens is 1. The van der Waals surface area contributed by atoms with Crippen LogP contribution in [0.5, 0.6) is 5.75 Å². The van der Waals surface area contributed by atoms with Crippen LogP contribution < -0.4 is 4.74 Å². The molecule has 0 aliphatic rings. The number of fused-ring (bicyclic) bond motifs is 1. The topological polar surface area (TPSA) is 46.6 Å². The Labute approximate surface area is 150 Å². The first-order valence-electron chi connectivity index (χ1n) is 8.16. The molecule has 5 heteroatoms. The molecule has 1 amide bonds. The van der Waals surface area contributed by atoms with Gasteiger partial charge in [0.05, 0.1) is 5.56 Å². The smallest absolute Gasteiger partial charge is 0.260 e. The summed E-state index contributed by atoms with van der Waals surface area (Å²) >= 11 is 0. The molecule has 3 rings (SSSR count). The second-order valence-corrected chi connectivity index (χ2v) is 5.98. The van der Waals surface area contributed by atoms with E-state index in [-0.39, 0.29) is 18.3 Å². The molecule has 26 heavy (non-hydrogen) atoms. The summed E-state index contributed by atoms with van der Waals surface area (Å²) in [6.45, 7) is 0.164. The first-order chi connectivity index (χ1) is 12.6. The molecule has 0 saturated heterocycles. The Hall–Kier alpha value is -3.21. The number of carbonyl (C=O) groups excluding carboxylic acids is 2. The Balaban J connectivity index is 1.68. The van der Waals surface area contributed by atoms with E-state index in [4.69, 9.17) is 4.74 Å². The zero-order valence-electron chi connectivity index (χ0n) is 14.3. The molecule has 3 aromatic carbocycles. The number of hydrogen-bond acceptors (Lipinski definition) is 3. The summed E-state index contributed by atoms with van der Waals surface area (Å²) < 4.78 is 18.5. The lowest BCUT2D eigenvalue weighted by molar-refractivity contribution is -0.132. The number of benzene rings is 3. The van der Waals surface area contributed by atoms with Crippen molar-refractivity contribution < 1.29 is 18.7 Å². The summed E-state index contributed by atoms with van der Waals surface area (Å²) in [5, 5.41) is 1.72. The third kappa shape index (κ3) is 3.88. The lowest BCUT2D eigenvalue weighted by atomic mass is 10.0. The number of hydrogen-bond donors (Lipinski definition) is 0. The summed E-state index contributed by atoms with van der Waals surface area (Å²) in [5.74, 6) is -0.176. The van der Waals surface area contributed by atoms with E-state index in [9.17, 15) is 14.0 Å². The molecule has 3 aromatic rings.